The molecular weight excluding hydrogens is 208 g/mol. The zero-order valence-corrected chi connectivity index (χ0v) is 10.9. The van der Waals surface area contributed by atoms with Gasteiger partial charge in [0, 0.05) is 28.9 Å². The Balaban J connectivity index is 3.10. The van der Waals surface area contributed by atoms with Gasteiger partial charge in [0.2, 0.25) is 0 Å². The SMILES string of the molecule is CCCCCCCC[S@@](=O)CCCCO. The van der Waals surface area contributed by atoms with Crippen molar-refractivity contribution in [2.24, 2.45) is 0 Å². The van der Waals surface area contributed by atoms with Gasteiger partial charge >= 0.3 is 0 Å². The lowest BCUT2D eigenvalue weighted by Gasteiger charge is -2.02. The minimum Gasteiger partial charge on any atom is -0.396 e. The Morgan fingerprint density at radius 1 is 0.867 bits per heavy atom. The maximum atomic E-state index is 11.4. The van der Waals surface area contributed by atoms with Crippen molar-refractivity contribution >= 4 is 10.8 Å². The highest BCUT2D eigenvalue weighted by atomic mass is 32.2. The highest BCUT2D eigenvalue weighted by Gasteiger charge is 1.99. The zero-order valence-electron chi connectivity index (χ0n) is 10.0. The van der Waals surface area contributed by atoms with Crippen LogP contribution in [0.2, 0.25) is 0 Å². The molecule has 15 heavy (non-hydrogen) atoms. The Kier molecular flexibility index (Phi) is 12.3. The molecule has 0 heterocycles. The lowest BCUT2D eigenvalue weighted by molar-refractivity contribution is 0.287. The summed E-state index contributed by atoms with van der Waals surface area (Å²) in [7, 11) is -0.640. The summed E-state index contributed by atoms with van der Waals surface area (Å²) in [6, 6.07) is 0. The van der Waals surface area contributed by atoms with Gasteiger partial charge in [0.05, 0.1) is 0 Å². The van der Waals surface area contributed by atoms with Gasteiger partial charge in [-0.25, -0.2) is 0 Å². The van der Waals surface area contributed by atoms with E-state index in [1.54, 1.807) is 0 Å². The van der Waals surface area contributed by atoms with E-state index in [-0.39, 0.29) is 6.61 Å². The van der Waals surface area contributed by atoms with Gasteiger partial charge in [-0.1, -0.05) is 39.0 Å². The first-order chi connectivity index (χ1) is 7.31. The molecule has 0 aliphatic heterocycles. The van der Waals surface area contributed by atoms with Crippen LogP contribution in [0.1, 0.15) is 58.3 Å². The molecule has 92 valence electrons. The molecule has 0 aliphatic carbocycles. The minimum atomic E-state index is -0.640. The number of hydrogen-bond acceptors (Lipinski definition) is 2. The fourth-order valence-electron chi connectivity index (χ4n) is 1.52. The third kappa shape index (κ3) is 12.0. The number of hydrogen-bond donors (Lipinski definition) is 1. The molecule has 0 aromatic heterocycles. The van der Waals surface area contributed by atoms with Gasteiger partial charge in [-0.05, 0) is 19.3 Å². The summed E-state index contributed by atoms with van der Waals surface area (Å²) in [5, 5.41) is 8.58. The largest absolute Gasteiger partial charge is 0.396 e. The van der Waals surface area contributed by atoms with Crippen LogP contribution in [0.3, 0.4) is 0 Å². The van der Waals surface area contributed by atoms with Crippen LogP contribution in [0.5, 0.6) is 0 Å². The highest BCUT2D eigenvalue weighted by molar-refractivity contribution is 7.84. The van der Waals surface area contributed by atoms with Crippen LogP contribution in [-0.2, 0) is 10.8 Å². The van der Waals surface area contributed by atoms with Gasteiger partial charge < -0.3 is 5.11 Å². The maximum Gasteiger partial charge on any atom is 0.0431 e. The van der Waals surface area contributed by atoms with E-state index in [9.17, 15) is 4.21 Å². The molecule has 2 nitrogen and oxygen atoms in total. The summed E-state index contributed by atoms with van der Waals surface area (Å²) in [4.78, 5) is 0. The van der Waals surface area contributed by atoms with Gasteiger partial charge in [-0.2, -0.15) is 0 Å². The fourth-order valence-corrected chi connectivity index (χ4v) is 2.78. The average Bonchev–Trinajstić information content (AvgIpc) is 2.23. The molecule has 0 unspecified atom stereocenters. The summed E-state index contributed by atoms with van der Waals surface area (Å²) < 4.78 is 11.4. The maximum absolute atomic E-state index is 11.4. The van der Waals surface area contributed by atoms with Gasteiger partial charge in [0.25, 0.3) is 0 Å². The number of rotatable bonds is 11. The van der Waals surface area contributed by atoms with Gasteiger partial charge in [0.1, 0.15) is 0 Å². The normalized spacial score (nSPS) is 12.9. The van der Waals surface area contributed by atoms with Gasteiger partial charge in [-0.3, -0.25) is 4.21 Å². The molecule has 0 spiro atoms. The first-order valence-corrected chi connectivity index (χ1v) is 7.76. The second-order valence-corrected chi connectivity index (χ2v) is 5.74. The molecule has 0 radical (unpaired) electrons. The number of aliphatic hydroxyl groups is 1. The molecule has 0 amide bonds. The second-order valence-electron chi connectivity index (χ2n) is 4.05. The molecule has 3 heteroatoms. The van der Waals surface area contributed by atoms with Crippen LogP contribution >= 0.6 is 0 Å². The zero-order chi connectivity index (χ0) is 11.4. The Morgan fingerprint density at radius 3 is 2.00 bits per heavy atom. The molecule has 0 saturated carbocycles. The molecule has 0 aromatic carbocycles. The van der Waals surface area contributed by atoms with Crippen LogP contribution in [0.4, 0.5) is 0 Å². The average molecular weight is 234 g/mol. The first-order valence-electron chi connectivity index (χ1n) is 6.27. The predicted octanol–water partition coefficient (Wildman–Crippen LogP) is 2.87. The lowest BCUT2D eigenvalue weighted by atomic mass is 10.1. The van der Waals surface area contributed by atoms with Crippen LogP contribution in [0.15, 0.2) is 0 Å². The van der Waals surface area contributed by atoms with Crippen LogP contribution in [-0.4, -0.2) is 27.4 Å². The minimum absolute atomic E-state index is 0.230. The molecule has 1 atom stereocenters. The van der Waals surface area contributed by atoms with E-state index in [1.807, 2.05) is 0 Å². The van der Waals surface area contributed by atoms with Gasteiger partial charge in [-0.15, -0.1) is 0 Å². The Labute approximate surface area is 96.9 Å². The van der Waals surface area contributed by atoms with E-state index in [1.165, 1.54) is 32.1 Å². The van der Waals surface area contributed by atoms with E-state index in [2.05, 4.69) is 6.92 Å². The summed E-state index contributed by atoms with van der Waals surface area (Å²) in [5.74, 6) is 1.63. The van der Waals surface area contributed by atoms with Crippen molar-refractivity contribution in [3.8, 4) is 0 Å². The van der Waals surface area contributed by atoms with Crippen molar-refractivity contribution in [3.63, 3.8) is 0 Å². The van der Waals surface area contributed by atoms with E-state index in [0.29, 0.717) is 0 Å². The quantitative estimate of drug-likeness (QED) is 0.558. The van der Waals surface area contributed by atoms with E-state index >= 15 is 0 Å². The number of unbranched alkanes of at least 4 members (excludes halogenated alkanes) is 6. The topological polar surface area (TPSA) is 37.3 Å². The van der Waals surface area contributed by atoms with Crippen molar-refractivity contribution < 1.29 is 9.32 Å². The monoisotopic (exact) mass is 234 g/mol. The first kappa shape index (κ1) is 15.1. The van der Waals surface area contributed by atoms with E-state index < -0.39 is 10.8 Å². The van der Waals surface area contributed by atoms with Crippen molar-refractivity contribution in [2.45, 2.75) is 58.3 Å². The Hall–Kier alpha value is 0.110. The van der Waals surface area contributed by atoms with Crippen molar-refractivity contribution in [3.05, 3.63) is 0 Å². The van der Waals surface area contributed by atoms with Crippen LogP contribution in [0.25, 0.3) is 0 Å². The predicted molar refractivity (Wildman–Crippen MR) is 67.6 cm³/mol. The van der Waals surface area contributed by atoms with Crippen molar-refractivity contribution in [1.29, 1.82) is 0 Å². The number of aliphatic hydroxyl groups excluding tert-OH is 1. The molecule has 0 aromatic rings. The third-order valence-electron chi connectivity index (χ3n) is 2.51. The molecule has 1 N–H and O–H groups in total. The van der Waals surface area contributed by atoms with Crippen molar-refractivity contribution in [1.82, 2.24) is 0 Å². The second kappa shape index (κ2) is 12.2. The van der Waals surface area contributed by atoms with Crippen LogP contribution < -0.4 is 0 Å². The molecule has 0 saturated heterocycles. The van der Waals surface area contributed by atoms with Crippen molar-refractivity contribution in [2.75, 3.05) is 18.1 Å². The molecule has 0 fully saturated rings. The molecule has 0 aliphatic rings. The summed E-state index contributed by atoms with van der Waals surface area (Å²) >= 11 is 0. The summed E-state index contributed by atoms with van der Waals surface area (Å²) in [6.45, 7) is 2.45. The third-order valence-corrected chi connectivity index (χ3v) is 3.99. The van der Waals surface area contributed by atoms with Gasteiger partial charge in [0.15, 0.2) is 0 Å². The Morgan fingerprint density at radius 2 is 1.40 bits per heavy atom. The smallest absolute Gasteiger partial charge is 0.0431 e. The molecular formula is C12H26O2S. The standard InChI is InChI=1S/C12H26O2S/c1-2-3-4-5-6-8-11-15(14)12-9-7-10-13/h13H,2-12H2,1H3/t15-/m1/s1. The fraction of sp³-hybridized carbons (Fsp3) is 1.00. The summed E-state index contributed by atoms with van der Waals surface area (Å²) in [6.07, 6.45) is 9.27. The lowest BCUT2D eigenvalue weighted by Crippen LogP contribution is -2.03. The van der Waals surface area contributed by atoms with Crippen LogP contribution in [0, 0.1) is 0 Å². The van der Waals surface area contributed by atoms with E-state index in [4.69, 9.17) is 5.11 Å². The highest BCUT2D eigenvalue weighted by Crippen LogP contribution is 2.06. The van der Waals surface area contributed by atoms with E-state index in [0.717, 1.165) is 30.8 Å². The summed E-state index contributed by atoms with van der Waals surface area (Å²) in [5.41, 5.74) is 0. The molecule has 0 bridgehead atoms. The molecule has 0 rings (SSSR count). The Bertz CT molecular complexity index is 149.